The number of rotatable bonds is 5. The summed E-state index contributed by atoms with van der Waals surface area (Å²) in [6.07, 6.45) is 0. The van der Waals surface area contributed by atoms with Crippen molar-refractivity contribution in [1.29, 1.82) is 0 Å². The molecule has 26 heavy (non-hydrogen) atoms. The Kier molecular flexibility index (Phi) is 5.68. The van der Waals surface area contributed by atoms with Crippen LogP contribution in [0.2, 0.25) is 0 Å². The molecule has 3 N–H and O–H groups in total. The summed E-state index contributed by atoms with van der Waals surface area (Å²) < 4.78 is 32.3. The Bertz CT molecular complexity index is 967. The van der Waals surface area contributed by atoms with Crippen LogP contribution in [-0.4, -0.2) is 24.1 Å². The smallest absolute Gasteiger partial charge is 0.294 e. The SMILES string of the molecule is Cc1cc(/N=N/c2cc(S(=O)(=O)O)c(C)cc2C)c(NC(C)C)cc1O. The summed E-state index contributed by atoms with van der Waals surface area (Å²) in [5, 5.41) is 21.5. The van der Waals surface area contributed by atoms with Crippen molar-refractivity contribution in [2.75, 3.05) is 5.32 Å². The fourth-order valence-electron chi connectivity index (χ4n) is 2.51. The number of nitrogens with one attached hydrogen (secondary N) is 1. The van der Waals surface area contributed by atoms with Crippen LogP contribution in [0.15, 0.2) is 39.4 Å². The molecule has 0 aliphatic heterocycles. The van der Waals surface area contributed by atoms with Gasteiger partial charge in [0.1, 0.15) is 11.4 Å². The predicted molar refractivity (Wildman–Crippen MR) is 102 cm³/mol. The van der Waals surface area contributed by atoms with E-state index >= 15 is 0 Å². The molecule has 0 radical (unpaired) electrons. The maximum atomic E-state index is 11.5. The van der Waals surface area contributed by atoms with Gasteiger partial charge in [0.2, 0.25) is 0 Å². The Hall–Kier alpha value is -2.45. The lowest BCUT2D eigenvalue weighted by Gasteiger charge is -2.13. The number of benzene rings is 2. The zero-order valence-electron chi connectivity index (χ0n) is 15.4. The van der Waals surface area contributed by atoms with Gasteiger partial charge < -0.3 is 10.4 Å². The molecule has 0 bridgehead atoms. The first-order valence-corrected chi connectivity index (χ1v) is 9.53. The Morgan fingerprint density at radius 2 is 1.54 bits per heavy atom. The molecule has 2 aromatic rings. The highest BCUT2D eigenvalue weighted by molar-refractivity contribution is 7.85. The quantitative estimate of drug-likeness (QED) is 0.512. The van der Waals surface area contributed by atoms with Crippen LogP contribution in [0.25, 0.3) is 0 Å². The third-order valence-electron chi connectivity index (χ3n) is 3.80. The van der Waals surface area contributed by atoms with Crippen molar-refractivity contribution in [2.45, 2.75) is 45.6 Å². The lowest BCUT2D eigenvalue weighted by Crippen LogP contribution is -2.09. The normalized spacial score (nSPS) is 12.1. The molecule has 0 atom stereocenters. The van der Waals surface area contributed by atoms with E-state index in [-0.39, 0.29) is 16.7 Å². The van der Waals surface area contributed by atoms with Gasteiger partial charge in [0.25, 0.3) is 10.1 Å². The summed E-state index contributed by atoms with van der Waals surface area (Å²) in [6.45, 7) is 9.05. The molecule has 0 heterocycles. The van der Waals surface area contributed by atoms with Crippen LogP contribution >= 0.6 is 0 Å². The van der Waals surface area contributed by atoms with E-state index in [9.17, 15) is 18.1 Å². The maximum Gasteiger partial charge on any atom is 0.294 e. The van der Waals surface area contributed by atoms with Gasteiger partial charge in [0.15, 0.2) is 0 Å². The monoisotopic (exact) mass is 377 g/mol. The van der Waals surface area contributed by atoms with Gasteiger partial charge in [-0.05, 0) is 63.4 Å². The van der Waals surface area contributed by atoms with E-state index in [1.165, 1.54) is 6.07 Å². The molecular weight excluding hydrogens is 354 g/mol. The van der Waals surface area contributed by atoms with Crippen LogP contribution in [-0.2, 0) is 10.1 Å². The van der Waals surface area contributed by atoms with Gasteiger partial charge >= 0.3 is 0 Å². The van der Waals surface area contributed by atoms with Crippen molar-refractivity contribution in [1.82, 2.24) is 0 Å². The molecule has 0 aromatic heterocycles. The first kappa shape index (κ1) is 19.9. The summed E-state index contributed by atoms with van der Waals surface area (Å²) in [6, 6.07) is 6.32. The number of anilines is 1. The van der Waals surface area contributed by atoms with Crippen LogP contribution in [0.3, 0.4) is 0 Å². The molecule has 8 heteroatoms. The number of azo groups is 1. The molecule has 0 saturated heterocycles. The van der Waals surface area contributed by atoms with Crippen LogP contribution in [0.5, 0.6) is 5.75 Å². The number of phenols is 1. The highest BCUT2D eigenvalue weighted by Crippen LogP contribution is 2.35. The standard InChI is InChI=1S/C18H23N3O4S/c1-10(2)19-15-8-17(22)12(4)7-16(15)21-20-14-9-18(26(23,24)25)13(5)6-11(14)3/h6-10,19,22H,1-5H3,(H,23,24,25)/b21-20+. The summed E-state index contributed by atoms with van der Waals surface area (Å²) in [5.74, 6) is 0.146. The number of aryl methyl sites for hydroxylation is 3. The van der Waals surface area contributed by atoms with Crippen LogP contribution in [0.4, 0.5) is 17.1 Å². The summed E-state index contributed by atoms with van der Waals surface area (Å²) in [5.41, 5.74) is 3.28. The molecule has 0 aliphatic rings. The minimum atomic E-state index is -4.34. The highest BCUT2D eigenvalue weighted by Gasteiger charge is 2.16. The van der Waals surface area contributed by atoms with E-state index in [0.717, 1.165) is 5.56 Å². The lowest BCUT2D eigenvalue weighted by molar-refractivity contribution is 0.471. The number of phenolic OH excluding ortho intramolecular Hbond substituents is 1. The Morgan fingerprint density at radius 3 is 2.12 bits per heavy atom. The molecule has 140 valence electrons. The minimum absolute atomic E-state index is 0.123. The van der Waals surface area contributed by atoms with Gasteiger partial charge in [-0.2, -0.15) is 13.5 Å². The molecule has 0 amide bonds. The second-order valence-corrected chi connectivity index (χ2v) is 7.92. The Balaban J connectivity index is 2.52. The van der Waals surface area contributed by atoms with Gasteiger partial charge in [-0.25, -0.2) is 0 Å². The third kappa shape index (κ3) is 4.59. The van der Waals surface area contributed by atoms with E-state index in [0.29, 0.717) is 28.2 Å². The summed E-state index contributed by atoms with van der Waals surface area (Å²) >= 11 is 0. The van der Waals surface area contributed by atoms with Crippen LogP contribution < -0.4 is 5.32 Å². The zero-order valence-corrected chi connectivity index (χ0v) is 16.2. The summed E-state index contributed by atoms with van der Waals surface area (Å²) in [7, 11) is -4.34. The Labute approximate surface area is 153 Å². The average Bonchev–Trinajstić information content (AvgIpc) is 2.49. The molecule has 2 rings (SSSR count). The second-order valence-electron chi connectivity index (χ2n) is 6.53. The largest absolute Gasteiger partial charge is 0.508 e. The van der Waals surface area contributed by atoms with Gasteiger partial charge in [-0.15, -0.1) is 5.11 Å². The predicted octanol–water partition coefficient (Wildman–Crippen LogP) is 4.80. The van der Waals surface area contributed by atoms with Crippen LogP contribution in [0.1, 0.15) is 30.5 Å². The van der Waals surface area contributed by atoms with Crippen molar-refractivity contribution < 1.29 is 18.1 Å². The molecule has 0 fully saturated rings. The average molecular weight is 377 g/mol. The van der Waals surface area contributed by atoms with E-state index in [4.69, 9.17) is 0 Å². The van der Waals surface area contributed by atoms with Gasteiger partial charge in [0, 0.05) is 12.1 Å². The zero-order chi connectivity index (χ0) is 19.6. The molecule has 0 unspecified atom stereocenters. The van der Waals surface area contributed by atoms with E-state index in [1.807, 2.05) is 13.8 Å². The molecule has 2 aromatic carbocycles. The van der Waals surface area contributed by atoms with Crippen LogP contribution in [0, 0.1) is 20.8 Å². The number of hydrogen-bond donors (Lipinski definition) is 3. The van der Waals surface area contributed by atoms with E-state index in [2.05, 4.69) is 15.5 Å². The van der Waals surface area contributed by atoms with Crippen molar-refractivity contribution in [2.24, 2.45) is 10.2 Å². The van der Waals surface area contributed by atoms with Gasteiger partial charge in [-0.3, -0.25) is 4.55 Å². The minimum Gasteiger partial charge on any atom is -0.508 e. The molecule has 0 saturated carbocycles. The highest BCUT2D eigenvalue weighted by atomic mass is 32.2. The topological polar surface area (TPSA) is 111 Å². The van der Waals surface area contributed by atoms with E-state index < -0.39 is 10.1 Å². The number of nitrogens with zero attached hydrogens (tertiary/aromatic N) is 2. The first-order chi connectivity index (χ1) is 12.0. The van der Waals surface area contributed by atoms with Gasteiger partial charge in [0.05, 0.1) is 16.3 Å². The van der Waals surface area contributed by atoms with Crippen molar-refractivity contribution in [3.8, 4) is 5.75 Å². The molecule has 0 aliphatic carbocycles. The third-order valence-corrected chi connectivity index (χ3v) is 4.79. The molecule has 7 nitrogen and oxygen atoms in total. The fourth-order valence-corrected chi connectivity index (χ4v) is 3.23. The maximum absolute atomic E-state index is 11.5. The molecule has 0 spiro atoms. The fraction of sp³-hybridized carbons (Fsp3) is 0.333. The van der Waals surface area contributed by atoms with Crippen molar-refractivity contribution in [3.05, 3.63) is 41.0 Å². The second kappa shape index (κ2) is 7.43. The summed E-state index contributed by atoms with van der Waals surface area (Å²) in [4.78, 5) is -0.195. The van der Waals surface area contributed by atoms with Crippen molar-refractivity contribution >= 4 is 27.2 Å². The van der Waals surface area contributed by atoms with E-state index in [1.54, 1.807) is 39.0 Å². The lowest BCUT2D eigenvalue weighted by atomic mass is 10.1. The molecular formula is C18H23N3O4S. The Morgan fingerprint density at radius 1 is 0.923 bits per heavy atom. The van der Waals surface area contributed by atoms with Crippen molar-refractivity contribution in [3.63, 3.8) is 0 Å². The number of hydrogen-bond acceptors (Lipinski definition) is 6. The van der Waals surface area contributed by atoms with Gasteiger partial charge in [-0.1, -0.05) is 6.07 Å². The number of aromatic hydroxyl groups is 1. The first-order valence-electron chi connectivity index (χ1n) is 8.09.